The molecule has 4 atom stereocenters. The first kappa shape index (κ1) is 15.8. The summed E-state index contributed by atoms with van der Waals surface area (Å²) in [6.07, 6.45) is 10.6. The highest BCUT2D eigenvalue weighted by Crippen LogP contribution is 2.37. The Labute approximate surface area is 123 Å². The Balaban J connectivity index is 2.12. The zero-order valence-corrected chi connectivity index (χ0v) is 13.2. The Morgan fingerprint density at radius 2 is 2.00 bits per heavy atom. The second-order valence-corrected chi connectivity index (χ2v) is 6.78. The van der Waals surface area contributed by atoms with Gasteiger partial charge in [-0.15, -0.1) is 0 Å². The predicted octanol–water partition coefficient (Wildman–Crippen LogP) is 3.92. The Hall–Kier alpha value is -0.570. The van der Waals surface area contributed by atoms with Gasteiger partial charge in [-0.05, 0) is 51.0 Å². The van der Waals surface area contributed by atoms with E-state index in [4.69, 9.17) is 0 Å². The summed E-state index contributed by atoms with van der Waals surface area (Å²) in [5, 5.41) is 9.59. The number of rotatable bonds is 5. The lowest BCUT2D eigenvalue weighted by molar-refractivity contribution is -0.147. The maximum absolute atomic E-state index is 11.6. The molecule has 1 saturated carbocycles. The van der Waals surface area contributed by atoms with Crippen LogP contribution in [0.2, 0.25) is 0 Å². The standard InChI is InChI=1S/C17H31NO2/c1-3-7-14-8-5-6-11-18(14)16-12-13(4-2)9-10-15(16)17(19)20/h13-16H,3-12H2,1-2H3,(H,19,20). The van der Waals surface area contributed by atoms with E-state index in [-0.39, 0.29) is 5.92 Å². The fourth-order valence-corrected chi connectivity index (χ4v) is 4.36. The molecule has 0 bridgehead atoms. The van der Waals surface area contributed by atoms with E-state index in [0.29, 0.717) is 12.1 Å². The summed E-state index contributed by atoms with van der Waals surface area (Å²) in [7, 11) is 0. The van der Waals surface area contributed by atoms with Crippen molar-refractivity contribution in [3.05, 3.63) is 0 Å². The van der Waals surface area contributed by atoms with Crippen LogP contribution in [0.5, 0.6) is 0 Å². The number of piperidine rings is 1. The Bertz CT molecular complexity index is 316. The van der Waals surface area contributed by atoms with Gasteiger partial charge in [0.1, 0.15) is 0 Å². The molecule has 2 fully saturated rings. The van der Waals surface area contributed by atoms with E-state index < -0.39 is 5.97 Å². The number of aliphatic carboxylic acids is 1. The number of carboxylic acids is 1. The Kier molecular flexibility index (Phi) is 5.88. The molecular formula is C17H31NO2. The molecule has 2 aliphatic rings. The number of hydrogen-bond donors (Lipinski definition) is 1. The van der Waals surface area contributed by atoms with Crippen molar-refractivity contribution < 1.29 is 9.90 Å². The van der Waals surface area contributed by atoms with E-state index in [1.54, 1.807) is 0 Å². The van der Waals surface area contributed by atoms with E-state index in [2.05, 4.69) is 18.7 Å². The molecule has 1 saturated heterocycles. The highest BCUT2D eigenvalue weighted by molar-refractivity contribution is 5.71. The average molecular weight is 281 g/mol. The summed E-state index contributed by atoms with van der Waals surface area (Å²) in [6, 6.07) is 0.930. The van der Waals surface area contributed by atoms with Gasteiger partial charge in [0.25, 0.3) is 0 Å². The number of hydrogen-bond acceptors (Lipinski definition) is 2. The molecule has 4 unspecified atom stereocenters. The fourth-order valence-electron chi connectivity index (χ4n) is 4.36. The minimum absolute atomic E-state index is 0.129. The third kappa shape index (κ3) is 3.55. The first-order valence-corrected chi connectivity index (χ1v) is 8.65. The third-order valence-electron chi connectivity index (χ3n) is 5.54. The molecule has 0 aromatic carbocycles. The first-order chi connectivity index (χ1) is 9.67. The van der Waals surface area contributed by atoms with Gasteiger partial charge >= 0.3 is 5.97 Å². The lowest BCUT2D eigenvalue weighted by atomic mass is 9.75. The topological polar surface area (TPSA) is 40.5 Å². The Morgan fingerprint density at radius 3 is 2.65 bits per heavy atom. The molecule has 0 aromatic heterocycles. The lowest BCUT2D eigenvalue weighted by Crippen LogP contribution is -2.53. The largest absolute Gasteiger partial charge is 0.481 e. The summed E-state index contributed by atoms with van der Waals surface area (Å²) in [6.45, 7) is 5.62. The molecule has 1 aliphatic heterocycles. The third-order valence-corrected chi connectivity index (χ3v) is 5.54. The van der Waals surface area contributed by atoms with Crippen LogP contribution in [-0.2, 0) is 4.79 Å². The smallest absolute Gasteiger partial charge is 0.308 e. The van der Waals surface area contributed by atoms with E-state index in [1.807, 2.05) is 0 Å². The van der Waals surface area contributed by atoms with Gasteiger partial charge in [-0.25, -0.2) is 0 Å². The first-order valence-electron chi connectivity index (χ1n) is 8.65. The predicted molar refractivity (Wildman–Crippen MR) is 81.8 cm³/mol. The van der Waals surface area contributed by atoms with Crippen molar-refractivity contribution in [2.45, 2.75) is 83.7 Å². The molecule has 2 rings (SSSR count). The van der Waals surface area contributed by atoms with Gasteiger partial charge in [-0.1, -0.05) is 33.1 Å². The SMILES string of the molecule is CCCC1CCCCN1C1CC(CC)CCC1C(=O)O. The van der Waals surface area contributed by atoms with Crippen molar-refractivity contribution in [1.29, 1.82) is 0 Å². The molecule has 1 aliphatic carbocycles. The van der Waals surface area contributed by atoms with Crippen molar-refractivity contribution in [1.82, 2.24) is 4.90 Å². The monoisotopic (exact) mass is 281 g/mol. The van der Waals surface area contributed by atoms with Crippen LogP contribution in [0.1, 0.15) is 71.6 Å². The van der Waals surface area contributed by atoms with Gasteiger partial charge in [-0.3, -0.25) is 9.69 Å². The van der Waals surface area contributed by atoms with Gasteiger partial charge in [0.2, 0.25) is 0 Å². The van der Waals surface area contributed by atoms with Crippen LogP contribution in [-0.4, -0.2) is 34.6 Å². The summed E-state index contributed by atoms with van der Waals surface area (Å²) >= 11 is 0. The molecule has 20 heavy (non-hydrogen) atoms. The number of likely N-dealkylation sites (tertiary alicyclic amines) is 1. The summed E-state index contributed by atoms with van der Waals surface area (Å²) in [4.78, 5) is 14.2. The molecule has 0 spiro atoms. The van der Waals surface area contributed by atoms with E-state index >= 15 is 0 Å². The fraction of sp³-hybridized carbons (Fsp3) is 0.941. The molecule has 116 valence electrons. The van der Waals surface area contributed by atoms with Crippen LogP contribution >= 0.6 is 0 Å². The molecule has 1 N–H and O–H groups in total. The van der Waals surface area contributed by atoms with Crippen molar-refractivity contribution in [2.24, 2.45) is 11.8 Å². The average Bonchev–Trinajstić information content (AvgIpc) is 2.47. The van der Waals surface area contributed by atoms with Crippen LogP contribution in [0.4, 0.5) is 0 Å². The van der Waals surface area contributed by atoms with Crippen LogP contribution in [0.3, 0.4) is 0 Å². The van der Waals surface area contributed by atoms with E-state index in [9.17, 15) is 9.90 Å². The van der Waals surface area contributed by atoms with Crippen LogP contribution in [0.25, 0.3) is 0 Å². The molecule has 0 amide bonds. The second kappa shape index (κ2) is 7.44. The molecule has 3 heteroatoms. The van der Waals surface area contributed by atoms with Gasteiger partial charge in [-0.2, -0.15) is 0 Å². The molecule has 0 aromatic rings. The summed E-state index contributed by atoms with van der Waals surface area (Å²) < 4.78 is 0. The minimum atomic E-state index is -0.564. The van der Waals surface area contributed by atoms with Gasteiger partial charge in [0.05, 0.1) is 5.92 Å². The number of carboxylic acid groups (broad SMARTS) is 1. The number of carbonyl (C=O) groups is 1. The van der Waals surface area contributed by atoms with Gasteiger partial charge < -0.3 is 5.11 Å². The van der Waals surface area contributed by atoms with Crippen molar-refractivity contribution >= 4 is 5.97 Å². The molecule has 3 nitrogen and oxygen atoms in total. The molecular weight excluding hydrogens is 250 g/mol. The van der Waals surface area contributed by atoms with Crippen LogP contribution < -0.4 is 0 Å². The minimum Gasteiger partial charge on any atom is -0.481 e. The van der Waals surface area contributed by atoms with Crippen molar-refractivity contribution in [2.75, 3.05) is 6.54 Å². The molecule has 0 radical (unpaired) electrons. The zero-order chi connectivity index (χ0) is 14.5. The second-order valence-electron chi connectivity index (χ2n) is 6.78. The maximum Gasteiger partial charge on any atom is 0.308 e. The van der Waals surface area contributed by atoms with Crippen LogP contribution in [0, 0.1) is 11.8 Å². The lowest BCUT2D eigenvalue weighted by Gasteiger charge is -2.47. The highest BCUT2D eigenvalue weighted by atomic mass is 16.4. The summed E-state index contributed by atoms with van der Waals surface area (Å²) in [5.74, 6) is 0.0421. The van der Waals surface area contributed by atoms with E-state index in [0.717, 1.165) is 31.7 Å². The highest BCUT2D eigenvalue weighted by Gasteiger charge is 2.40. The van der Waals surface area contributed by atoms with Crippen molar-refractivity contribution in [3.8, 4) is 0 Å². The van der Waals surface area contributed by atoms with Gasteiger partial charge in [0.15, 0.2) is 0 Å². The quantitative estimate of drug-likeness (QED) is 0.830. The van der Waals surface area contributed by atoms with Crippen LogP contribution in [0.15, 0.2) is 0 Å². The molecule has 1 heterocycles. The zero-order valence-electron chi connectivity index (χ0n) is 13.2. The van der Waals surface area contributed by atoms with E-state index in [1.165, 1.54) is 38.5 Å². The van der Waals surface area contributed by atoms with Crippen molar-refractivity contribution in [3.63, 3.8) is 0 Å². The van der Waals surface area contributed by atoms with Gasteiger partial charge in [0, 0.05) is 12.1 Å². The number of nitrogens with zero attached hydrogens (tertiary/aromatic N) is 1. The Morgan fingerprint density at radius 1 is 1.20 bits per heavy atom. The maximum atomic E-state index is 11.6. The normalized spacial score (nSPS) is 35.9. The summed E-state index contributed by atoms with van der Waals surface area (Å²) in [5.41, 5.74) is 0.